The summed E-state index contributed by atoms with van der Waals surface area (Å²) in [4.78, 5) is 13.9. The fourth-order valence-corrected chi connectivity index (χ4v) is 1.82. The summed E-state index contributed by atoms with van der Waals surface area (Å²) in [5.41, 5.74) is -1.87. The molecule has 1 aliphatic rings. The Morgan fingerprint density at radius 1 is 1.62 bits per heavy atom. The van der Waals surface area contributed by atoms with E-state index >= 15 is 0 Å². The maximum atomic E-state index is 11.4. The van der Waals surface area contributed by atoms with E-state index in [0.717, 1.165) is 7.05 Å². The number of alkyl carbamates (subject to hydrolysis) is 1. The van der Waals surface area contributed by atoms with Gasteiger partial charge in [-0.05, 0) is 50.0 Å². The van der Waals surface area contributed by atoms with Crippen LogP contribution >= 0.6 is 0 Å². The van der Waals surface area contributed by atoms with Gasteiger partial charge in [0.05, 0.1) is 11.5 Å². The number of hydrogen-bond donors (Lipinski definition) is 2. The molecule has 0 aliphatic carbocycles. The van der Waals surface area contributed by atoms with Crippen LogP contribution in [0, 0.1) is 0 Å². The number of nitrogens with zero attached hydrogens (tertiary/aromatic N) is 1. The third-order valence-corrected chi connectivity index (χ3v) is 2.72. The van der Waals surface area contributed by atoms with Crippen molar-refractivity contribution >= 4 is 17.0 Å². The van der Waals surface area contributed by atoms with Crippen LogP contribution in [0.25, 0.3) is 10.9 Å². The molecule has 5 heteroatoms. The molecule has 1 aromatic carbocycles. The van der Waals surface area contributed by atoms with E-state index in [1.807, 2.05) is 0 Å². The number of carbonyl (C=O) groups excluding carboxylic acids is 1. The van der Waals surface area contributed by atoms with Crippen molar-refractivity contribution in [3.05, 3.63) is 35.4 Å². The lowest BCUT2D eigenvalue weighted by atomic mass is 10.0. The number of fused-ring (bicyclic) bond motifs is 1. The third-order valence-electron chi connectivity index (χ3n) is 2.72. The van der Waals surface area contributed by atoms with Gasteiger partial charge in [0, 0.05) is 35.9 Å². The Kier molecular flexibility index (Phi) is 1.46. The number of nitrogens with one attached hydrogen (secondary N) is 2. The number of hydrogen-bond acceptors (Lipinski definition) is 3. The van der Waals surface area contributed by atoms with Crippen LogP contribution in [0.2, 0.25) is 0 Å². The van der Waals surface area contributed by atoms with Crippen molar-refractivity contribution in [3.8, 4) is 0 Å². The molecule has 3 rings (SSSR count). The standard InChI is InChI=1S/C16H21N3O2/c1-19(2)6-5-12-9-17-15-4-3-11(8-14(12)15)7-13-10-21-16(20)18-13/h3-4,8-9,13,17H,5-7,10H2,1-2H3,(H,18,20)/t13-/m0/s1/i1D3,3D,4D,5D2,6D2,7D2,8D,9D. The van der Waals surface area contributed by atoms with Crippen LogP contribution in [0.4, 0.5) is 4.79 Å². The zero-order chi connectivity index (χ0) is 26.2. The number of ether oxygens (including phenoxy) is 1. The highest BCUT2D eigenvalue weighted by atomic mass is 16.6. The van der Waals surface area contributed by atoms with Gasteiger partial charge < -0.3 is 19.9 Å². The number of amides is 1. The lowest BCUT2D eigenvalue weighted by Crippen LogP contribution is -2.28. The number of aromatic nitrogens is 1. The molecule has 2 aromatic rings. The molecule has 5 nitrogen and oxygen atoms in total. The van der Waals surface area contributed by atoms with Crippen molar-refractivity contribution in [1.29, 1.82) is 0 Å². The monoisotopic (exact) mass is 300 g/mol. The molecule has 0 radical (unpaired) electrons. The lowest BCUT2D eigenvalue weighted by Gasteiger charge is -2.09. The van der Waals surface area contributed by atoms with Gasteiger partial charge in [-0.15, -0.1) is 0 Å². The van der Waals surface area contributed by atoms with Gasteiger partial charge in [0.25, 0.3) is 0 Å². The van der Waals surface area contributed by atoms with Crippen LogP contribution in [-0.4, -0.2) is 49.1 Å². The van der Waals surface area contributed by atoms with Crippen LogP contribution in [0.1, 0.15) is 28.9 Å². The summed E-state index contributed by atoms with van der Waals surface area (Å²) in [7, 11) is 0.829. The zero-order valence-electron chi connectivity index (χ0n) is 24.0. The number of rotatable bonds is 5. The largest absolute Gasteiger partial charge is 0.447 e. The average Bonchev–Trinajstić information content (AvgIpc) is 3.28. The summed E-state index contributed by atoms with van der Waals surface area (Å²) in [6, 6.07) is -3.58. The highest BCUT2D eigenvalue weighted by molar-refractivity contribution is 5.84. The second-order valence-electron chi connectivity index (χ2n) is 4.36. The topological polar surface area (TPSA) is 57.4 Å². The number of cyclic esters (lactones) is 1. The van der Waals surface area contributed by atoms with E-state index in [-0.39, 0.29) is 10.4 Å². The molecule has 0 bridgehead atoms. The SMILES string of the molecule is [2H]c1[nH]c2c([2H])c([2H])c(C([2H])([2H])[C@H]3COC(=O)N3)c([2H])c2c1C([2H])([2H])C([2H])([2H])N(C)C([2H])([2H])[2H]. The first-order valence-electron chi connectivity index (χ1n) is 12.6. The number of H-pyrrole nitrogens is 1. The molecule has 0 unspecified atom stereocenters. The first kappa shape index (κ1) is 5.32. The molecule has 1 aromatic heterocycles. The molecular formula is C16H21N3O2. The molecule has 1 fully saturated rings. The molecule has 21 heavy (non-hydrogen) atoms. The normalized spacial score (nSPS) is 29.9. The van der Waals surface area contributed by atoms with E-state index in [2.05, 4.69) is 10.3 Å². The van der Waals surface area contributed by atoms with E-state index in [9.17, 15) is 4.79 Å². The number of aryl methyl sites for hydroxylation is 1. The second-order valence-corrected chi connectivity index (χ2v) is 4.36. The van der Waals surface area contributed by atoms with E-state index in [4.69, 9.17) is 22.6 Å². The van der Waals surface area contributed by atoms with Gasteiger partial charge in [-0.3, -0.25) is 0 Å². The van der Waals surface area contributed by atoms with Crippen LogP contribution < -0.4 is 5.32 Å². The van der Waals surface area contributed by atoms with Crippen molar-refractivity contribution in [3.63, 3.8) is 0 Å². The Morgan fingerprint density at radius 2 is 2.52 bits per heavy atom. The Hall–Kier alpha value is -2.01. The number of benzene rings is 1. The molecule has 0 spiro atoms. The van der Waals surface area contributed by atoms with E-state index in [1.54, 1.807) is 0 Å². The van der Waals surface area contributed by atoms with E-state index in [0.29, 0.717) is 0 Å². The average molecular weight is 300 g/mol. The predicted octanol–water partition coefficient (Wildman–Crippen LogP) is 1.92. The van der Waals surface area contributed by atoms with Crippen LogP contribution in [0.15, 0.2) is 24.3 Å². The minimum Gasteiger partial charge on any atom is -0.447 e. The van der Waals surface area contributed by atoms with Crippen molar-refractivity contribution < 1.29 is 27.4 Å². The fraction of sp³-hybridized carbons (Fsp3) is 0.438. The van der Waals surface area contributed by atoms with Crippen molar-refractivity contribution in [2.45, 2.75) is 18.8 Å². The van der Waals surface area contributed by atoms with Crippen molar-refractivity contribution in [1.82, 2.24) is 15.2 Å². The minimum atomic E-state index is -3.25. The molecule has 1 aliphatic heterocycles. The zero-order valence-corrected chi connectivity index (χ0v) is 11.0. The highest BCUT2D eigenvalue weighted by Gasteiger charge is 2.22. The van der Waals surface area contributed by atoms with Crippen LogP contribution in [0.3, 0.4) is 0 Å². The smallest absolute Gasteiger partial charge is 0.407 e. The molecule has 2 heterocycles. The molecule has 2 N–H and O–H groups in total. The van der Waals surface area contributed by atoms with E-state index < -0.39 is 85.8 Å². The Morgan fingerprint density at radius 3 is 3.29 bits per heavy atom. The molecule has 112 valence electrons. The molecule has 1 amide bonds. The fourth-order valence-electron chi connectivity index (χ4n) is 1.82. The molecule has 0 saturated carbocycles. The minimum absolute atomic E-state index is 0.161. The number of likely N-dealkylation sites (N-methyl/N-ethyl adjacent to an activating group) is 1. The number of carbonyl (C=O) groups is 1. The summed E-state index contributed by atoms with van der Waals surface area (Å²) in [5.74, 6) is 0. The first-order chi connectivity index (χ1) is 15.3. The summed E-state index contributed by atoms with van der Waals surface area (Å²) >= 11 is 0. The quantitative estimate of drug-likeness (QED) is 0.887. The second kappa shape index (κ2) is 5.77. The molecule has 1 saturated heterocycles. The maximum absolute atomic E-state index is 11.4. The third kappa shape index (κ3) is 3.19. The lowest BCUT2D eigenvalue weighted by molar-refractivity contribution is 0.177. The molecular weight excluding hydrogens is 266 g/mol. The van der Waals surface area contributed by atoms with Crippen LogP contribution in [-0.2, 0) is 17.5 Å². The number of aromatic amines is 1. The highest BCUT2D eigenvalue weighted by Crippen LogP contribution is 2.21. The summed E-state index contributed by atoms with van der Waals surface area (Å²) in [5, 5.41) is 1.67. The van der Waals surface area contributed by atoms with Crippen molar-refractivity contribution in [2.75, 3.05) is 27.1 Å². The Balaban J connectivity index is 2.35. The van der Waals surface area contributed by atoms with Gasteiger partial charge in [0.2, 0.25) is 0 Å². The Labute approximate surface area is 142 Å². The summed E-state index contributed by atoms with van der Waals surface area (Å²) in [6.45, 7) is -6.75. The van der Waals surface area contributed by atoms with Gasteiger partial charge >= 0.3 is 6.09 Å². The van der Waals surface area contributed by atoms with Gasteiger partial charge in [-0.2, -0.15) is 0 Å². The summed E-state index contributed by atoms with van der Waals surface area (Å²) in [6.07, 6.45) is -7.57. The van der Waals surface area contributed by atoms with Gasteiger partial charge in [0.15, 0.2) is 0 Å². The van der Waals surface area contributed by atoms with Gasteiger partial charge in [-0.1, -0.05) is 6.04 Å². The van der Waals surface area contributed by atoms with Crippen molar-refractivity contribution in [2.24, 2.45) is 0 Å². The van der Waals surface area contributed by atoms with Crippen LogP contribution in [0.5, 0.6) is 0 Å². The summed E-state index contributed by atoms with van der Waals surface area (Å²) < 4.78 is 111. The maximum Gasteiger partial charge on any atom is 0.407 e. The van der Waals surface area contributed by atoms with Gasteiger partial charge in [-0.25, -0.2) is 4.79 Å². The Bertz CT molecular complexity index is 1160. The van der Waals surface area contributed by atoms with E-state index in [1.165, 1.54) is 0 Å². The molecule has 1 atom stereocenters. The predicted molar refractivity (Wildman–Crippen MR) is 82.5 cm³/mol. The van der Waals surface area contributed by atoms with Gasteiger partial charge in [0.1, 0.15) is 6.61 Å². The first-order valence-corrected chi connectivity index (χ1v) is 6.08.